The molecule has 0 radical (unpaired) electrons. The number of rotatable bonds is 7. The summed E-state index contributed by atoms with van der Waals surface area (Å²) < 4.78 is 0. The molecule has 0 saturated carbocycles. The zero-order valence-electron chi connectivity index (χ0n) is 14.3. The molecule has 0 aliphatic carbocycles. The molecule has 0 atom stereocenters. The molecule has 1 fully saturated rings. The van der Waals surface area contributed by atoms with Crippen LogP contribution in [-0.2, 0) is 16.0 Å². The predicted octanol–water partition coefficient (Wildman–Crippen LogP) is 3.62. The highest BCUT2D eigenvalue weighted by Crippen LogP contribution is 2.16. The zero-order chi connectivity index (χ0) is 16.7. The maximum absolute atomic E-state index is 12.1. The van der Waals surface area contributed by atoms with Crippen molar-refractivity contribution < 1.29 is 9.59 Å². The summed E-state index contributed by atoms with van der Waals surface area (Å²) in [7, 11) is 0. The first-order valence-corrected chi connectivity index (χ1v) is 8.81. The van der Waals surface area contributed by atoms with Gasteiger partial charge in [0.15, 0.2) is 0 Å². The van der Waals surface area contributed by atoms with Crippen LogP contribution in [0.2, 0.25) is 0 Å². The second kappa shape index (κ2) is 8.70. The van der Waals surface area contributed by atoms with Crippen molar-refractivity contribution in [1.29, 1.82) is 0 Å². The molecule has 1 N–H and O–H groups in total. The van der Waals surface area contributed by atoms with E-state index in [2.05, 4.69) is 5.32 Å². The second-order valence-corrected chi connectivity index (χ2v) is 6.29. The van der Waals surface area contributed by atoms with Gasteiger partial charge in [-0.05, 0) is 49.8 Å². The summed E-state index contributed by atoms with van der Waals surface area (Å²) in [4.78, 5) is 26.1. The molecule has 2 amide bonds. The van der Waals surface area contributed by atoms with Crippen molar-refractivity contribution in [2.75, 3.05) is 18.4 Å². The van der Waals surface area contributed by atoms with Crippen LogP contribution in [-0.4, -0.2) is 29.8 Å². The summed E-state index contributed by atoms with van der Waals surface area (Å²) in [5.41, 5.74) is 1.97. The lowest BCUT2D eigenvalue weighted by molar-refractivity contribution is -0.130. The van der Waals surface area contributed by atoms with E-state index in [-0.39, 0.29) is 17.7 Å². The van der Waals surface area contributed by atoms with Crippen molar-refractivity contribution in [2.24, 2.45) is 5.92 Å². The number of hydrogen-bond donors (Lipinski definition) is 1. The van der Waals surface area contributed by atoms with Crippen LogP contribution in [0.3, 0.4) is 0 Å². The topological polar surface area (TPSA) is 49.4 Å². The first-order chi connectivity index (χ1) is 11.1. The Kier molecular flexibility index (Phi) is 6.63. The van der Waals surface area contributed by atoms with Gasteiger partial charge in [-0.2, -0.15) is 0 Å². The normalized spacial score (nSPS) is 14.3. The second-order valence-electron chi connectivity index (χ2n) is 6.29. The molecular formula is C19H28N2O2. The van der Waals surface area contributed by atoms with Gasteiger partial charge in [-0.15, -0.1) is 0 Å². The number of aryl methyl sites for hydroxylation is 1. The molecule has 1 aliphatic heterocycles. The third kappa shape index (κ3) is 5.08. The van der Waals surface area contributed by atoms with Crippen molar-refractivity contribution in [3.63, 3.8) is 0 Å². The molecule has 0 unspecified atom stereocenters. The van der Waals surface area contributed by atoms with Crippen LogP contribution in [0.4, 0.5) is 5.69 Å². The lowest BCUT2D eigenvalue weighted by atomic mass is 10.0. The number of hydrogen-bond acceptors (Lipinski definition) is 2. The van der Waals surface area contributed by atoms with Gasteiger partial charge < -0.3 is 10.2 Å². The number of likely N-dealkylation sites (tertiary alicyclic amines) is 1. The van der Waals surface area contributed by atoms with E-state index in [9.17, 15) is 9.59 Å². The summed E-state index contributed by atoms with van der Waals surface area (Å²) in [6.07, 6.45) is 5.32. The minimum Gasteiger partial charge on any atom is -0.343 e. The number of nitrogens with one attached hydrogen (secondary N) is 1. The number of carbonyl (C=O) groups is 2. The van der Waals surface area contributed by atoms with E-state index >= 15 is 0 Å². The molecular weight excluding hydrogens is 288 g/mol. The lowest BCUT2D eigenvalue weighted by Gasteiger charge is -2.15. The van der Waals surface area contributed by atoms with Gasteiger partial charge in [0, 0.05) is 31.1 Å². The Bertz CT molecular complexity index is 515. The smallest absolute Gasteiger partial charge is 0.227 e. The van der Waals surface area contributed by atoms with E-state index in [1.54, 1.807) is 0 Å². The zero-order valence-corrected chi connectivity index (χ0v) is 14.3. The fraction of sp³-hybridized carbons (Fsp3) is 0.579. The quantitative estimate of drug-likeness (QED) is 0.835. The van der Waals surface area contributed by atoms with Crippen LogP contribution in [0.5, 0.6) is 0 Å². The van der Waals surface area contributed by atoms with Gasteiger partial charge in [0.1, 0.15) is 0 Å². The molecule has 23 heavy (non-hydrogen) atoms. The fourth-order valence-corrected chi connectivity index (χ4v) is 3.03. The lowest BCUT2D eigenvalue weighted by Crippen LogP contribution is -2.27. The number of carbonyl (C=O) groups excluding carboxylic acids is 2. The van der Waals surface area contributed by atoms with Crippen molar-refractivity contribution in [1.82, 2.24) is 4.90 Å². The Morgan fingerprint density at radius 2 is 1.70 bits per heavy atom. The highest BCUT2D eigenvalue weighted by Gasteiger charge is 2.17. The summed E-state index contributed by atoms with van der Waals surface area (Å²) in [5.74, 6) is 0.424. The monoisotopic (exact) mass is 316 g/mol. The summed E-state index contributed by atoms with van der Waals surface area (Å²) in [5, 5.41) is 2.97. The molecule has 0 spiro atoms. The Balaban J connectivity index is 1.82. The molecule has 4 heteroatoms. The van der Waals surface area contributed by atoms with Gasteiger partial charge in [-0.25, -0.2) is 0 Å². The molecule has 126 valence electrons. The molecule has 1 aromatic rings. The predicted molar refractivity (Wildman–Crippen MR) is 93.3 cm³/mol. The Labute approximate surface area is 139 Å². The minimum absolute atomic E-state index is 0.0766. The van der Waals surface area contributed by atoms with Crippen LogP contribution in [0.1, 0.15) is 51.5 Å². The number of benzene rings is 1. The molecule has 1 heterocycles. The summed E-state index contributed by atoms with van der Waals surface area (Å²) >= 11 is 0. The molecule has 4 nitrogen and oxygen atoms in total. The van der Waals surface area contributed by atoms with E-state index in [1.165, 1.54) is 0 Å². The third-order valence-corrected chi connectivity index (χ3v) is 4.66. The van der Waals surface area contributed by atoms with Gasteiger partial charge >= 0.3 is 0 Å². The van der Waals surface area contributed by atoms with Crippen molar-refractivity contribution in [2.45, 2.75) is 52.4 Å². The van der Waals surface area contributed by atoms with E-state index in [1.807, 2.05) is 43.0 Å². The maximum atomic E-state index is 12.1. The van der Waals surface area contributed by atoms with Gasteiger partial charge in [0.05, 0.1) is 0 Å². The van der Waals surface area contributed by atoms with E-state index in [0.29, 0.717) is 6.42 Å². The van der Waals surface area contributed by atoms with E-state index in [0.717, 1.165) is 56.4 Å². The summed E-state index contributed by atoms with van der Waals surface area (Å²) in [6, 6.07) is 7.85. The highest BCUT2D eigenvalue weighted by atomic mass is 16.2. The third-order valence-electron chi connectivity index (χ3n) is 4.66. The van der Waals surface area contributed by atoms with Crippen LogP contribution in [0, 0.1) is 5.92 Å². The van der Waals surface area contributed by atoms with Gasteiger partial charge in [0.2, 0.25) is 11.8 Å². The minimum atomic E-state index is 0.0766. The Morgan fingerprint density at radius 3 is 2.26 bits per heavy atom. The van der Waals surface area contributed by atoms with Crippen molar-refractivity contribution in [3.05, 3.63) is 29.8 Å². The largest absolute Gasteiger partial charge is 0.343 e. The van der Waals surface area contributed by atoms with Crippen LogP contribution in [0.25, 0.3) is 0 Å². The SMILES string of the molecule is CCC(CC)C(=O)Nc1ccc(CCC(=O)N2CCCC2)cc1. The first-order valence-electron chi connectivity index (χ1n) is 8.81. The summed E-state index contributed by atoms with van der Waals surface area (Å²) in [6.45, 7) is 5.90. The first kappa shape index (κ1) is 17.5. The van der Waals surface area contributed by atoms with E-state index in [4.69, 9.17) is 0 Å². The molecule has 0 bridgehead atoms. The standard InChI is InChI=1S/C19H28N2O2/c1-3-16(4-2)19(23)20-17-10-7-15(8-11-17)9-12-18(22)21-13-5-6-14-21/h7-8,10-11,16H,3-6,9,12-14H2,1-2H3,(H,20,23). The average Bonchev–Trinajstić information content (AvgIpc) is 3.09. The number of anilines is 1. The average molecular weight is 316 g/mol. The van der Waals surface area contributed by atoms with Crippen LogP contribution in [0.15, 0.2) is 24.3 Å². The highest BCUT2D eigenvalue weighted by molar-refractivity contribution is 5.92. The van der Waals surface area contributed by atoms with Gasteiger partial charge in [-0.1, -0.05) is 26.0 Å². The maximum Gasteiger partial charge on any atom is 0.227 e. The molecule has 0 aromatic heterocycles. The van der Waals surface area contributed by atoms with Gasteiger partial charge in [-0.3, -0.25) is 9.59 Å². The Hall–Kier alpha value is -1.84. The van der Waals surface area contributed by atoms with Crippen molar-refractivity contribution in [3.8, 4) is 0 Å². The van der Waals surface area contributed by atoms with E-state index < -0.39 is 0 Å². The number of amides is 2. The van der Waals surface area contributed by atoms with Crippen LogP contribution < -0.4 is 5.32 Å². The van der Waals surface area contributed by atoms with Crippen LogP contribution >= 0.6 is 0 Å². The Morgan fingerprint density at radius 1 is 1.09 bits per heavy atom. The molecule has 1 saturated heterocycles. The fourth-order valence-electron chi connectivity index (χ4n) is 3.03. The number of nitrogens with zero attached hydrogens (tertiary/aromatic N) is 1. The van der Waals surface area contributed by atoms with Gasteiger partial charge in [0.25, 0.3) is 0 Å². The van der Waals surface area contributed by atoms with Crippen molar-refractivity contribution >= 4 is 17.5 Å². The molecule has 1 aromatic carbocycles. The molecule has 1 aliphatic rings. The molecule has 2 rings (SSSR count).